The fourth-order valence-electron chi connectivity index (χ4n) is 6.59. The Labute approximate surface area is 263 Å². The molecule has 1 aromatic carbocycles. The molecule has 45 heavy (non-hydrogen) atoms. The molecular weight excluding hydrogens is 578 g/mol. The van der Waals surface area contributed by atoms with E-state index < -0.39 is 53.1 Å². The summed E-state index contributed by atoms with van der Waals surface area (Å²) in [5.41, 5.74) is 0.0838. The van der Waals surface area contributed by atoms with Crippen LogP contribution in [-0.2, 0) is 32.1 Å². The smallest absolute Gasteiger partial charge is 0.408 e. The van der Waals surface area contributed by atoms with E-state index in [0.717, 1.165) is 31.2 Å². The van der Waals surface area contributed by atoms with Crippen LogP contribution in [0.25, 0.3) is 0 Å². The van der Waals surface area contributed by atoms with Gasteiger partial charge in [0.2, 0.25) is 11.8 Å². The van der Waals surface area contributed by atoms with Gasteiger partial charge < -0.3 is 35.6 Å². The molecule has 0 bridgehead atoms. The zero-order chi connectivity index (χ0) is 32.4. The Morgan fingerprint density at radius 1 is 1.07 bits per heavy atom. The van der Waals surface area contributed by atoms with E-state index in [1.807, 2.05) is 30.4 Å². The number of amides is 5. The van der Waals surface area contributed by atoms with Crippen molar-refractivity contribution in [1.29, 1.82) is 0 Å². The van der Waals surface area contributed by atoms with Crippen LogP contribution in [0.4, 0.5) is 9.59 Å². The van der Waals surface area contributed by atoms with Gasteiger partial charge in [0.15, 0.2) is 0 Å². The molecule has 1 saturated heterocycles. The van der Waals surface area contributed by atoms with E-state index in [-0.39, 0.29) is 31.3 Å². The number of urea groups is 1. The highest BCUT2D eigenvalue weighted by atomic mass is 16.6. The first-order valence-corrected chi connectivity index (χ1v) is 16.0. The van der Waals surface area contributed by atoms with Crippen molar-refractivity contribution >= 4 is 29.9 Å². The zero-order valence-corrected chi connectivity index (χ0v) is 26.3. The van der Waals surface area contributed by atoms with Crippen molar-refractivity contribution in [2.24, 2.45) is 5.92 Å². The molecule has 3 heterocycles. The van der Waals surface area contributed by atoms with Gasteiger partial charge in [-0.25, -0.2) is 14.4 Å². The summed E-state index contributed by atoms with van der Waals surface area (Å²) in [5.74, 6) is -2.51. The van der Waals surface area contributed by atoms with Gasteiger partial charge in [-0.05, 0) is 70.4 Å². The molecule has 1 aromatic rings. The van der Waals surface area contributed by atoms with Gasteiger partial charge in [-0.2, -0.15) is 0 Å². The Bertz CT molecular complexity index is 1360. The summed E-state index contributed by atoms with van der Waals surface area (Å²) in [4.78, 5) is 69.5. The Balaban J connectivity index is 1.36. The Hall–Kier alpha value is -4.09. The number of carboxylic acid groups (broad SMARTS) is 1. The second kappa shape index (κ2) is 13.1. The van der Waals surface area contributed by atoms with Crippen molar-refractivity contribution in [1.82, 2.24) is 25.8 Å². The monoisotopic (exact) mass is 623 g/mol. The molecule has 2 fully saturated rings. The van der Waals surface area contributed by atoms with E-state index in [9.17, 15) is 29.1 Å². The van der Waals surface area contributed by atoms with Gasteiger partial charge in [-0.3, -0.25) is 9.59 Å². The van der Waals surface area contributed by atoms with Crippen LogP contribution in [-0.4, -0.2) is 87.2 Å². The molecule has 3 aliphatic heterocycles. The number of carbonyl (C=O) groups excluding carboxylic acids is 4. The number of hydrogen-bond acceptors (Lipinski definition) is 6. The van der Waals surface area contributed by atoms with Crippen LogP contribution in [0.2, 0.25) is 0 Å². The minimum absolute atomic E-state index is 0.0446. The Kier molecular flexibility index (Phi) is 9.41. The van der Waals surface area contributed by atoms with Crippen molar-refractivity contribution in [3.63, 3.8) is 0 Å². The van der Waals surface area contributed by atoms with E-state index in [1.54, 1.807) is 25.7 Å². The van der Waals surface area contributed by atoms with Gasteiger partial charge in [-0.1, -0.05) is 49.3 Å². The van der Waals surface area contributed by atoms with Crippen molar-refractivity contribution in [2.45, 2.75) is 108 Å². The van der Waals surface area contributed by atoms with Crippen LogP contribution in [0, 0.1) is 5.92 Å². The summed E-state index contributed by atoms with van der Waals surface area (Å²) >= 11 is 0. The quantitative estimate of drug-likeness (QED) is 0.377. The normalized spacial score (nSPS) is 29.5. The topological polar surface area (TPSA) is 157 Å². The summed E-state index contributed by atoms with van der Waals surface area (Å²) in [5, 5.41) is 18.5. The summed E-state index contributed by atoms with van der Waals surface area (Å²) in [6, 6.07) is 5.16. The first kappa shape index (κ1) is 32.3. The van der Waals surface area contributed by atoms with Crippen molar-refractivity contribution in [3.8, 4) is 0 Å². The summed E-state index contributed by atoms with van der Waals surface area (Å²) < 4.78 is 5.44. The highest BCUT2D eigenvalue weighted by Gasteiger charge is 2.61. The number of hydrogen-bond donors (Lipinski definition) is 4. The standard InChI is InChI=1S/C33H45N5O7/c1-32(2,3)45-31(44)35-25-14-8-6-4-5-7-13-23-18-33(23,29(41)42)36-27(39)26-17-24(20-38(26)28(25)40)34-30(43)37-16-15-21-11-9-10-12-22(21)19-37/h7,9-13,23-26H,4-6,8,14-20H2,1-3H3,(H,34,43)(H,35,44)(H,36,39)(H,41,42)/b13-7-/t23-,24-,25+,26+,33-/m1/s1. The molecule has 4 aliphatic rings. The van der Waals surface area contributed by atoms with E-state index in [0.29, 0.717) is 25.9 Å². The second-order valence-corrected chi connectivity index (χ2v) is 13.7. The first-order valence-electron chi connectivity index (χ1n) is 16.0. The molecule has 12 heteroatoms. The molecule has 1 aliphatic carbocycles. The zero-order valence-electron chi connectivity index (χ0n) is 26.3. The lowest BCUT2D eigenvalue weighted by Crippen LogP contribution is -2.56. The van der Waals surface area contributed by atoms with Gasteiger partial charge >= 0.3 is 18.1 Å². The van der Waals surface area contributed by atoms with Gasteiger partial charge in [-0.15, -0.1) is 0 Å². The van der Waals surface area contributed by atoms with E-state index in [1.165, 1.54) is 10.5 Å². The lowest BCUT2D eigenvalue weighted by Gasteiger charge is -2.30. The summed E-state index contributed by atoms with van der Waals surface area (Å²) in [6.45, 7) is 6.24. The van der Waals surface area contributed by atoms with Gasteiger partial charge in [0.05, 0.1) is 6.04 Å². The lowest BCUT2D eigenvalue weighted by molar-refractivity contribution is -0.145. The largest absolute Gasteiger partial charge is 0.479 e. The number of benzene rings is 1. The molecule has 5 atom stereocenters. The third kappa shape index (κ3) is 7.59. The fourth-order valence-corrected chi connectivity index (χ4v) is 6.59. The molecule has 0 aromatic heterocycles. The first-order chi connectivity index (χ1) is 21.4. The fraction of sp³-hybridized carbons (Fsp3) is 0.606. The SMILES string of the molecule is CC(C)(C)OC(=O)N[C@H]1CCCCC/C=C\[C@@H]2C[C@@]2(C(=O)O)NC(=O)[C@@H]2C[C@@H](NC(=O)N3CCc4ccccc4C3)CN2C1=O. The average molecular weight is 624 g/mol. The number of aliphatic carboxylic acids is 1. The maximum absolute atomic E-state index is 14.1. The van der Waals surface area contributed by atoms with Crippen LogP contribution in [0.5, 0.6) is 0 Å². The van der Waals surface area contributed by atoms with Crippen molar-refractivity contribution in [2.75, 3.05) is 13.1 Å². The summed E-state index contributed by atoms with van der Waals surface area (Å²) in [7, 11) is 0. The lowest BCUT2D eigenvalue weighted by atomic mass is 10.0. The second-order valence-electron chi connectivity index (χ2n) is 13.7. The number of carboxylic acids is 1. The van der Waals surface area contributed by atoms with Crippen molar-refractivity contribution in [3.05, 3.63) is 47.5 Å². The number of ether oxygens (including phenoxy) is 1. The number of nitrogens with zero attached hydrogens (tertiary/aromatic N) is 2. The molecular formula is C33H45N5O7. The predicted molar refractivity (Wildman–Crippen MR) is 165 cm³/mol. The highest BCUT2D eigenvalue weighted by Crippen LogP contribution is 2.45. The average Bonchev–Trinajstić information content (AvgIpc) is 3.51. The molecule has 4 N–H and O–H groups in total. The minimum Gasteiger partial charge on any atom is -0.479 e. The Morgan fingerprint density at radius 3 is 2.56 bits per heavy atom. The molecule has 0 radical (unpaired) electrons. The van der Waals surface area contributed by atoms with Crippen LogP contribution in [0.15, 0.2) is 36.4 Å². The van der Waals surface area contributed by atoms with Gasteiger partial charge in [0.1, 0.15) is 23.2 Å². The molecule has 0 unspecified atom stereocenters. The van der Waals surface area contributed by atoms with Crippen LogP contribution in [0.3, 0.4) is 0 Å². The number of rotatable bonds is 3. The van der Waals surface area contributed by atoms with Crippen LogP contribution in [0.1, 0.15) is 76.8 Å². The Morgan fingerprint density at radius 2 is 1.82 bits per heavy atom. The number of alkyl carbamates (subject to hydrolysis) is 1. The maximum atomic E-state index is 14.1. The molecule has 244 valence electrons. The van der Waals surface area contributed by atoms with Gasteiger partial charge in [0.25, 0.3) is 0 Å². The van der Waals surface area contributed by atoms with Crippen molar-refractivity contribution < 1.29 is 33.8 Å². The third-order valence-electron chi connectivity index (χ3n) is 9.10. The number of nitrogens with one attached hydrogen (secondary N) is 3. The number of allylic oxidation sites excluding steroid dienone is 1. The van der Waals surface area contributed by atoms with E-state index in [2.05, 4.69) is 22.0 Å². The maximum Gasteiger partial charge on any atom is 0.408 e. The molecule has 5 amide bonds. The number of carbonyl (C=O) groups is 5. The number of fused-ring (bicyclic) bond motifs is 3. The molecule has 1 saturated carbocycles. The van der Waals surface area contributed by atoms with Gasteiger partial charge in [0, 0.05) is 25.6 Å². The highest BCUT2D eigenvalue weighted by molar-refractivity contribution is 5.96. The van der Waals surface area contributed by atoms with Crippen LogP contribution >= 0.6 is 0 Å². The molecule has 0 spiro atoms. The van der Waals surface area contributed by atoms with E-state index >= 15 is 0 Å². The molecule has 12 nitrogen and oxygen atoms in total. The van der Waals surface area contributed by atoms with Crippen LogP contribution < -0.4 is 16.0 Å². The molecule has 5 rings (SSSR count). The summed E-state index contributed by atoms with van der Waals surface area (Å²) in [6.07, 6.45) is 7.58. The third-order valence-corrected chi connectivity index (χ3v) is 9.10. The predicted octanol–water partition coefficient (Wildman–Crippen LogP) is 3.10. The minimum atomic E-state index is -1.43. The van der Waals surface area contributed by atoms with E-state index in [4.69, 9.17) is 4.74 Å².